The second kappa shape index (κ2) is 5.52. The van der Waals surface area contributed by atoms with Gasteiger partial charge in [-0.1, -0.05) is 24.3 Å². The number of nitrogens with zero attached hydrogens (tertiary/aromatic N) is 1. The number of nitrogen functional groups attached to an aromatic ring is 1. The van der Waals surface area contributed by atoms with E-state index < -0.39 is 0 Å². The van der Waals surface area contributed by atoms with E-state index in [1.165, 1.54) is 12.1 Å². The van der Waals surface area contributed by atoms with Gasteiger partial charge < -0.3 is 10.6 Å². The lowest BCUT2D eigenvalue weighted by Gasteiger charge is -2.20. The van der Waals surface area contributed by atoms with Crippen LogP contribution in [0.4, 0.5) is 10.1 Å². The third-order valence-electron chi connectivity index (χ3n) is 2.98. The van der Waals surface area contributed by atoms with Crippen molar-refractivity contribution in [3.63, 3.8) is 0 Å². The van der Waals surface area contributed by atoms with Crippen LogP contribution in [0.5, 0.6) is 0 Å². The molecule has 2 aromatic rings. The van der Waals surface area contributed by atoms with Gasteiger partial charge in [-0.3, -0.25) is 5.41 Å². The number of nitrogens with one attached hydrogen (secondary N) is 1. The van der Waals surface area contributed by atoms with E-state index in [9.17, 15) is 4.39 Å². The van der Waals surface area contributed by atoms with Crippen molar-refractivity contribution in [2.75, 3.05) is 11.9 Å². The van der Waals surface area contributed by atoms with Crippen molar-refractivity contribution in [1.29, 1.82) is 5.41 Å². The predicted octanol–water partition coefficient (Wildman–Crippen LogP) is 2.75. The average Bonchev–Trinajstić information content (AvgIpc) is 2.39. The largest absolute Gasteiger partial charge is 0.384 e. The first kappa shape index (κ1) is 13.1. The molecular formula is C15H16FN3. The summed E-state index contributed by atoms with van der Waals surface area (Å²) < 4.78 is 12.9. The molecule has 0 spiro atoms. The Labute approximate surface area is 112 Å². The molecule has 0 saturated carbocycles. The molecule has 0 aliphatic heterocycles. The Morgan fingerprint density at radius 3 is 2.42 bits per heavy atom. The maximum Gasteiger partial charge on any atom is 0.123 e. The molecule has 0 aliphatic rings. The van der Waals surface area contributed by atoms with Gasteiger partial charge in [-0.25, -0.2) is 4.39 Å². The molecule has 19 heavy (non-hydrogen) atoms. The Morgan fingerprint density at radius 2 is 1.79 bits per heavy atom. The number of benzene rings is 2. The molecule has 0 heterocycles. The van der Waals surface area contributed by atoms with E-state index in [4.69, 9.17) is 11.1 Å². The second-order valence-electron chi connectivity index (χ2n) is 4.40. The van der Waals surface area contributed by atoms with Crippen molar-refractivity contribution < 1.29 is 4.39 Å². The molecule has 3 nitrogen and oxygen atoms in total. The quantitative estimate of drug-likeness (QED) is 0.653. The van der Waals surface area contributed by atoms with E-state index in [0.29, 0.717) is 6.54 Å². The van der Waals surface area contributed by atoms with Gasteiger partial charge in [-0.2, -0.15) is 0 Å². The van der Waals surface area contributed by atoms with Crippen molar-refractivity contribution in [2.45, 2.75) is 6.54 Å². The topological polar surface area (TPSA) is 53.1 Å². The van der Waals surface area contributed by atoms with E-state index in [1.807, 2.05) is 36.2 Å². The number of nitrogens with two attached hydrogens (primary N) is 1. The zero-order valence-electron chi connectivity index (χ0n) is 10.7. The van der Waals surface area contributed by atoms with Gasteiger partial charge in [0.2, 0.25) is 0 Å². The van der Waals surface area contributed by atoms with Crippen LogP contribution in [0.1, 0.15) is 11.1 Å². The summed E-state index contributed by atoms with van der Waals surface area (Å²) in [4.78, 5) is 1.99. The first-order valence-corrected chi connectivity index (χ1v) is 5.97. The van der Waals surface area contributed by atoms with E-state index in [1.54, 1.807) is 12.1 Å². The fourth-order valence-corrected chi connectivity index (χ4v) is 1.96. The molecule has 3 N–H and O–H groups in total. The van der Waals surface area contributed by atoms with Gasteiger partial charge in [0, 0.05) is 24.8 Å². The molecule has 0 amide bonds. The number of halogens is 1. The molecule has 0 fully saturated rings. The SMILES string of the molecule is CN(Cc1ccccc1C(=N)N)c1ccc(F)cc1. The minimum absolute atomic E-state index is 0.0584. The first-order valence-electron chi connectivity index (χ1n) is 5.97. The smallest absolute Gasteiger partial charge is 0.123 e. The van der Waals surface area contributed by atoms with Crippen LogP contribution in [0.15, 0.2) is 48.5 Å². The second-order valence-corrected chi connectivity index (χ2v) is 4.40. The molecule has 0 aromatic heterocycles. The first-order chi connectivity index (χ1) is 9.08. The van der Waals surface area contributed by atoms with Gasteiger partial charge in [0.1, 0.15) is 11.7 Å². The summed E-state index contributed by atoms with van der Waals surface area (Å²) in [6.45, 7) is 0.612. The monoisotopic (exact) mass is 257 g/mol. The van der Waals surface area contributed by atoms with Gasteiger partial charge in [-0.15, -0.1) is 0 Å². The lowest BCUT2D eigenvalue weighted by atomic mass is 10.1. The van der Waals surface area contributed by atoms with E-state index >= 15 is 0 Å². The summed E-state index contributed by atoms with van der Waals surface area (Å²) in [5, 5.41) is 7.56. The van der Waals surface area contributed by atoms with Gasteiger partial charge in [0.25, 0.3) is 0 Å². The van der Waals surface area contributed by atoms with Crippen LogP contribution in [0.3, 0.4) is 0 Å². The molecule has 0 radical (unpaired) electrons. The van der Waals surface area contributed by atoms with Gasteiger partial charge in [0.15, 0.2) is 0 Å². The molecule has 0 bridgehead atoms. The van der Waals surface area contributed by atoms with Gasteiger partial charge in [0.05, 0.1) is 0 Å². The van der Waals surface area contributed by atoms with E-state index in [2.05, 4.69) is 0 Å². The number of anilines is 1. The van der Waals surface area contributed by atoms with Crippen LogP contribution >= 0.6 is 0 Å². The Balaban J connectivity index is 2.21. The van der Waals surface area contributed by atoms with Crippen LogP contribution in [-0.4, -0.2) is 12.9 Å². The number of hydrogen-bond acceptors (Lipinski definition) is 2. The standard InChI is InChI=1S/C15H16FN3/c1-19(13-8-6-12(16)7-9-13)10-11-4-2-3-5-14(11)15(17)18/h2-9H,10H2,1H3,(H3,17,18). The molecule has 2 rings (SSSR count). The highest BCUT2D eigenvalue weighted by Gasteiger charge is 2.08. The Morgan fingerprint density at radius 1 is 1.16 bits per heavy atom. The number of hydrogen-bond donors (Lipinski definition) is 2. The van der Waals surface area contributed by atoms with Crippen LogP contribution in [-0.2, 0) is 6.54 Å². The summed E-state index contributed by atoms with van der Waals surface area (Å²) in [5.41, 5.74) is 8.19. The minimum Gasteiger partial charge on any atom is -0.384 e. The molecule has 0 saturated heterocycles. The Hall–Kier alpha value is -2.36. The molecule has 0 unspecified atom stereocenters. The van der Waals surface area contributed by atoms with Crippen molar-refractivity contribution in [1.82, 2.24) is 0 Å². The fraction of sp³-hybridized carbons (Fsp3) is 0.133. The van der Waals surface area contributed by atoms with E-state index in [-0.39, 0.29) is 11.7 Å². The maximum atomic E-state index is 12.9. The highest BCUT2D eigenvalue weighted by Crippen LogP contribution is 2.17. The van der Waals surface area contributed by atoms with E-state index in [0.717, 1.165) is 16.8 Å². The summed E-state index contributed by atoms with van der Waals surface area (Å²) >= 11 is 0. The van der Waals surface area contributed by atoms with Crippen LogP contribution in [0.25, 0.3) is 0 Å². The maximum absolute atomic E-state index is 12.9. The predicted molar refractivity (Wildman–Crippen MR) is 76.0 cm³/mol. The highest BCUT2D eigenvalue weighted by molar-refractivity contribution is 5.96. The third-order valence-corrected chi connectivity index (χ3v) is 2.98. The molecule has 4 heteroatoms. The zero-order valence-corrected chi connectivity index (χ0v) is 10.7. The molecule has 2 aromatic carbocycles. The average molecular weight is 257 g/mol. The van der Waals surface area contributed by atoms with Crippen molar-refractivity contribution >= 4 is 11.5 Å². The summed E-state index contributed by atoms with van der Waals surface area (Å²) in [6.07, 6.45) is 0. The normalized spacial score (nSPS) is 10.2. The van der Waals surface area contributed by atoms with Gasteiger partial charge >= 0.3 is 0 Å². The molecular weight excluding hydrogens is 241 g/mol. The van der Waals surface area contributed by atoms with Gasteiger partial charge in [-0.05, 0) is 29.8 Å². The minimum atomic E-state index is -0.249. The molecule has 98 valence electrons. The van der Waals surface area contributed by atoms with Crippen LogP contribution in [0.2, 0.25) is 0 Å². The lowest BCUT2D eigenvalue weighted by Crippen LogP contribution is -2.20. The van der Waals surface area contributed by atoms with Crippen molar-refractivity contribution in [3.8, 4) is 0 Å². The van der Waals surface area contributed by atoms with Crippen molar-refractivity contribution in [3.05, 3.63) is 65.5 Å². The lowest BCUT2D eigenvalue weighted by molar-refractivity contribution is 0.627. The summed E-state index contributed by atoms with van der Waals surface area (Å²) in [6, 6.07) is 13.9. The Kier molecular flexibility index (Phi) is 3.80. The Bertz CT molecular complexity index is 578. The highest BCUT2D eigenvalue weighted by atomic mass is 19.1. The molecule has 0 aliphatic carbocycles. The van der Waals surface area contributed by atoms with Crippen LogP contribution in [0, 0.1) is 11.2 Å². The van der Waals surface area contributed by atoms with Crippen LogP contribution < -0.4 is 10.6 Å². The fourth-order valence-electron chi connectivity index (χ4n) is 1.96. The number of rotatable bonds is 4. The number of amidine groups is 1. The van der Waals surface area contributed by atoms with Crippen molar-refractivity contribution in [2.24, 2.45) is 5.73 Å². The third kappa shape index (κ3) is 3.10. The zero-order chi connectivity index (χ0) is 13.8. The molecule has 0 atom stereocenters. The summed E-state index contributed by atoms with van der Waals surface area (Å²) in [5.74, 6) is -0.190. The summed E-state index contributed by atoms with van der Waals surface area (Å²) in [7, 11) is 1.92.